The van der Waals surface area contributed by atoms with Crippen molar-refractivity contribution < 1.29 is 4.74 Å². The lowest BCUT2D eigenvalue weighted by Crippen LogP contribution is -2.23. The molecule has 1 atom stereocenters. The first kappa shape index (κ1) is 9.87. The fraction of sp³-hybridized carbons (Fsp3) is 0.231. The number of likely N-dealkylation sites (N-methyl/N-ethyl adjacent to an activating group) is 1. The lowest BCUT2D eigenvalue weighted by atomic mass is 10.0. The number of nitrogens with one attached hydrogen (secondary N) is 1. The number of fused-ring (bicyclic) bond motifs is 3. The molecule has 3 rings (SSSR count). The van der Waals surface area contributed by atoms with E-state index in [1.54, 1.807) is 11.3 Å². The Hall–Kier alpha value is -1.32. The van der Waals surface area contributed by atoms with Crippen LogP contribution in [0.1, 0.15) is 11.7 Å². The highest BCUT2D eigenvalue weighted by molar-refractivity contribution is 7.13. The lowest BCUT2D eigenvalue weighted by Gasteiger charge is -2.26. The first-order valence-electron chi connectivity index (χ1n) is 5.38. The molecule has 3 heteroatoms. The predicted octanol–water partition coefficient (Wildman–Crippen LogP) is 3.07. The zero-order valence-electron chi connectivity index (χ0n) is 9.07. The Morgan fingerprint density at radius 3 is 3.06 bits per heavy atom. The van der Waals surface area contributed by atoms with E-state index >= 15 is 0 Å². The van der Waals surface area contributed by atoms with E-state index in [1.165, 1.54) is 16.0 Å². The summed E-state index contributed by atoms with van der Waals surface area (Å²) in [5.74, 6) is 0.998. The second kappa shape index (κ2) is 3.92. The zero-order valence-corrected chi connectivity index (χ0v) is 9.88. The van der Waals surface area contributed by atoms with E-state index in [9.17, 15) is 0 Å². The molecule has 0 aliphatic carbocycles. The maximum absolute atomic E-state index is 6.00. The molecule has 0 saturated carbocycles. The van der Waals surface area contributed by atoms with Crippen molar-refractivity contribution in [3.05, 3.63) is 41.3 Å². The summed E-state index contributed by atoms with van der Waals surface area (Å²) < 4.78 is 6.00. The Kier molecular flexibility index (Phi) is 2.42. The highest BCUT2D eigenvalue weighted by Gasteiger charge is 2.25. The van der Waals surface area contributed by atoms with Gasteiger partial charge in [0, 0.05) is 22.5 Å². The van der Waals surface area contributed by atoms with Crippen molar-refractivity contribution in [2.75, 3.05) is 13.6 Å². The van der Waals surface area contributed by atoms with Crippen LogP contribution in [0.3, 0.4) is 0 Å². The Bertz CT molecular complexity index is 506. The van der Waals surface area contributed by atoms with Crippen LogP contribution in [0.4, 0.5) is 0 Å². The van der Waals surface area contributed by atoms with Gasteiger partial charge in [0.2, 0.25) is 0 Å². The van der Waals surface area contributed by atoms with E-state index in [4.69, 9.17) is 4.74 Å². The molecule has 0 spiro atoms. The molecule has 0 bridgehead atoms. The van der Waals surface area contributed by atoms with Gasteiger partial charge in [-0.25, -0.2) is 0 Å². The molecule has 1 unspecified atom stereocenters. The average molecular weight is 231 g/mol. The first-order chi connectivity index (χ1) is 7.90. The van der Waals surface area contributed by atoms with E-state index in [0.717, 1.165) is 12.3 Å². The molecule has 1 aromatic carbocycles. The van der Waals surface area contributed by atoms with Crippen LogP contribution in [0.2, 0.25) is 0 Å². The molecular weight excluding hydrogens is 218 g/mol. The summed E-state index contributed by atoms with van der Waals surface area (Å²) in [5.41, 5.74) is 2.53. The second-order valence-electron chi connectivity index (χ2n) is 3.87. The van der Waals surface area contributed by atoms with Crippen LogP contribution in [0.5, 0.6) is 5.75 Å². The maximum atomic E-state index is 6.00. The molecule has 2 aromatic rings. The van der Waals surface area contributed by atoms with E-state index in [1.807, 2.05) is 19.2 Å². The van der Waals surface area contributed by atoms with Gasteiger partial charge >= 0.3 is 0 Å². The number of thiophene rings is 1. The molecule has 0 fully saturated rings. The van der Waals surface area contributed by atoms with Crippen molar-refractivity contribution in [1.29, 1.82) is 0 Å². The highest BCUT2D eigenvalue weighted by Crippen LogP contribution is 2.44. The van der Waals surface area contributed by atoms with Crippen molar-refractivity contribution >= 4 is 11.3 Å². The maximum Gasteiger partial charge on any atom is 0.138 e. The van der Waals surface area contributed by atoms with Gasteiger partial charge in [-0.3, -0.25) is 0 Å². The molecule has 1 aromatic heterocycles. The molecule has 2 nitrogen and oxygen atoms in total. The number of ether oxygens (including phenoxy) is 1. The number of hydrogen-bond donors (Lipinski definition) is 1. The summed E-state index contributed by atoms with van der Waals surface area (Å²) in [6.45, 7) is 0.845. The van der Waals surface area contributed by atoms with Gasteiger partial charge < -0.3 is 10.1 Å². The third-order valence-electron chi connectivity index (χ3n) is 2.83. The van der Waals surface area contributed by atoms with Crippen molar-refractivity contribution in [2.45, 2.75) is 6.10 Å². The SMILES string of the molecule is CNCC1Oc2ccccc2-c2sccc21. The first-order valence-corrected chi connectivity index (χ1v) is 6.26. The number of para-hydroxylation sites is 1. The predicted molar refractivity (Wildman–Crippen MR) is 67.1 cm³/mol. The van der Waals surface area contributed by atoms with Crippen molar-refractivity contribution in [2.24, 2.45) is 0 Å². The van der Waals surface area contributed by atoms with E-state index in [0.29, 0.717) is 0 Å². The molecule has 1 N–H and O–H groups in total. The van der Waals surface area contributed by atoms with Gasteiger partial charge in [-0.15, -0.1) is 11.3 Å². The van der Waals surface area contributed by atoms with Crippen LogP contribution in [0.25, 0.3) is 10.4 Å². The normalized spacial score (nSPS) is 17.4. The quantitative estimate of drug-likeness (QED) is 0.857. The Balaban J connectivity index is 2.12. The molecule has 2 heterocycles. The monoisotopic (exact) mass is 231 g/mol. The van der Waals surface area contributed by atoms with Crippen LogP contribution < -0.4 is 10.1 Å². The van der Waals surface area contributed by atoms with Crippen LogP contribution in [-0.4, -0.2) is 13.6 Å². The molecule has 1 aliphatic rings. The summed E-state index contributed by atoms with van der Waals surface area (Å²) in [6, 6.07) is 10.4. The van der Waals surface area contributed by atoms with Gasteiger partial charge in [-0.2, -0.15) is 0 Å². The van der Waals surface area contributed by atoms with Crippen molar-refractivity contribution in [1.82, 2.24) is 5.32 Å². The smallest absolute Gasteiger partial charge is 0.138 e. The van der Waals surface area contributed by atoms with Gasteiger partial charge in [-0.05, 0) is 30.6 Å². The van der Waals surface area contributed by atoms with Crippen molar-refractivity contribution in [3.63, 3.8) is 0 Å². The molecule has 1 aliphatic heterocycles. The Labute approximate surface area is 98.9 Å². The minimum atomic E-state index is 0.140. The third-order valence-corrected chi connectivity index (χ3v) is 3.80. The number of rotatable bonds is 2. The third kappa shape index (κ3) is 1.44. The molecular formula is C13H13NOS. The van der Waals surface area contributed by atoms with Crippen LogP contribution in [-0.2, 0) is 0 Å². The minimum absolute atomic E-state index is 0.140. The van der Waals surface area contributed by atoms with Gasteiger partial charge in [0.05, 0.1) is 0 Å². The largest absolute Gasteiger partial charge is 0.484 e. The zero-order chi connectivity index (χ0) is 11.0. The van der Waals surface area contributed by atoms with Gasteiger partial charge in [0.15, 0.2) is 0 Å². The van der Waals surface area contributed by atoms with Crippen LogP contribution in [0.15, 0.2) is 35.7 Å². The molecule has 16 heavy (non-hydrogen) atoms. The number of benzene rings is 1. The van der Waals surface area contributed by atoms with Crippen LogP contribution >= 0.6 is 11.3 Å². The van der Waals surface area contributed by atoms with E-state index in [2.05, 4.69) is 28.9 Å². The molecule has 0 amide bonds. The average Bonchev–Trinajstić information content (AvgIpc) is 2.79. The molecule has 0 radical (unpaired) electrons. The minimum Gasteiger partial charge on any atom is -0.484 e. The number of hydrogen-bond acceptors (Lipinski definition) is 3. The Morgan fingerprint density at radius 2 is 2.19 bits per heavy atom. The summed E-state index contributed by atoms with van der Waals surface area (Å²) in [5, 5.41) is 5.32. The molecule has 0 saturated heterocycles. The fourth-order valence-corrected chi connectivity index (χ4v) is 3.08. The van der Waals surface area contributed by atoms with E-state index < -0.39 is 0 Å². The molecule has 82 valence electrons. The standard InChI is InChI=1S/C13H13NOS/c1-14-8-12-10-6-7-16-13(10)9-4-2-3-5-11(9)15-12/h2-7,12,14H,8H2,1H3. The van der Waals surface area contributed by atoms with Gasteiger partial charge in [0.25, 0.3) is 0 Å². The van der Waals surface area contributed by atoms with Gasteiger partial charge in [-0.1, -0.05) is 12.1 Å². The van der Waals surface area contributed by atoms with Gasteiger partial charge in [0.1, 0.15) is 11.9 Å². The fourth-order valence-electron chi connectivity index (χ4n) is 2.10. The summed E-state index contributed by atoms with van der Waals surface area (Å²) >= 11 is 1.79. The Morgan fingerprint density at radius 1 is 1.31 bits per heavy atom. The second-order valence-corrected chi connectivity index (χ2v) is 4.78. The summed E-state index contributed by atoms with van der Waals surface area (Å²) in [6.07, 6.45) is 0.140. The highest BCUT2D eigenvalue weighted by atomic mass is 32.1. The topological polar surface area (TPSA) is 21.3 Å². The van der Waals surface area contributed by atoms with E-state index in [-0.39, 0.29) is 6.10 Å². The summed E-state index contributed by atoms with van der Waals surface area (Å²) in [4.78, 5) is 1.35. The lowest BCUT2D eigenvalue weighted by molar-refractivity contribution is 0.202. The van der Waals surface area contributed by atoms with Crippen molar-refractivity contribution in [3.8, 4) is 16.2 Å². The van der Waals surface area contributed by atoms with Crippen LogP contribution in [0, 0.1) is 0 Å². The summed E-state index contributed by atoms with van der Waals surface area (Å²) in [7, 11) is 1.95.